The summed E-state index contributed by atoms with van der Waals surface area (Å²) in [6.07, 6.45) is 0. The maximum absolute atomic E-state index is 6.23. The van der Waals surface area contributed by atoms with E-state index >= 15 is 0 Å². The number of rotatable bonds is 5. The van der Waals surface area contributed by atoms with Gasteiger partial charge in [0.15, 0.2) is 5.82 Å². The predicted molar refractivity (Wildman–Crippen MR) is 232 cm³/mol. The summed E-state index contributed by atoms with van der Waals surface area (Å²) in [7, 11) is 0. The summed E-state index contributed by atoms with van der Waals surface area (Å²) in [5, 5.41) is 4.65. The molecule has 10 aromatic rings. The number of hydrogen-bond acceptors (Lipinski definition) is 3. The molecule has 0 fully saturated rings. The Balaban J connectivity index is 1.16. The van der Waals surface area contributed by atoms with E-state index in [9.17, 15) is 0 Å². The third-order valence-corrected chi connectivity index (χ3v) is 11.7. The van der Waals surface area contributed by atoms with E-state index < -0.39 is 0 Å². The maximum Gasteiger partial charge on any atom is 0.160 e. The Morgan fingerprint density at radius 1 is 0.393 bits per heavy atom. The molecule has 0 atom stereocenters. The number of furan rings is 1. The molecule has 0 amide bonds. The number of fused-ring (bicyclic) bond motifs is 7. The van der Waals surface area contributed by atoms with E-state index in [1.165, 1.54) is 33.0 Å². The second-order valence-electron chi connectivity index (χ2n) is 15.4. The van der Waals surface area contributed by atoms with Crippen molar-refractivity contribution in [3.63, 3.8) is 0 Å². The summed E-state index contributed by atoms with van der Waals surface area (Å²) in [6, 6.07) is 65.0. The molecule has 3 heteroatoms. The fourth-order valence-corrected chi connectivity index (χ4v) is 8.80. The molecule has 8 aromatic carbocycles. The smallest absolute Gasteiger partial charge is 0.160 e. The van der Waals surface area contributed by atoms with Crippen LogP contribution < -0.4 is 0 Å². The first-order valence-electron chi connectivity index (χ1n) is 19.2. The highest BCUT2D eigenvalue weighted by Gasteiger charge is 2.36. The summed E-state index contributed by atoms with van der Waals surface area (Å²) in [5.74, 6) is 0.699. The maximum atomic E-state index is 6.23. The van der Waals surface area contributed by atoms with E-state index in [1.54, 1.807) is 0 Å². The van der Waals surface area contributed by atoms with Crippen molar-refractivity contribution in [2.75, 3.05) is 0 Å². The number of para-hydroxylation sites is 1. The van der Waals surface area contributed by atoms with Crippen LogP contribution in [0.15, 0.2) is 186 Å². The van der Waals surface area contributed by atoms with Crippen LogP contribution in [0, 0.1) is 0 Å². The first-order chi connectivity index (χ1) is 27.5. The molecule has 264 valence electrons. The second kappa shape index (κ2) is 12.5. The van der Waals surface area contributed by atoms with E-state index in [4.69, 9.17) is 14.4 Å². The molecule has 2 aromatic heterocycles. The Labute approximate surface area is 325 Å². The molecule has 0 bridgehead atoms. The van der Waals surface area contributed by atoms with Crippen LogP contribution in [0.1, 0.15) is 25.0 Å². The van der Waals surface area contributed by atoms with Gasteiger partial charge in [-0.3, -0.25) is 0 Å². The normalized spacial score (nSPS) is 13.0. The highest BCUT2D eigenvalue weighted by molar-refractivity contribution is 6.06. The predicted octanol–water partition coefficient (Wildman–Crippen LogP) is 14.2. The summed E-state index contributed by atoms with van der Waals surface area (Å²) in [6.45, 7) is 4.65. The van der Waals surface area contributed by atoms with Crippen molar-refractivity contribution < 1.29 is 4.42 Å². The molecular formula is C53H36N2O. The minimum atomic E-state index is -0.120. The SMILES string of the molecule is CC1(C)c2ccccc2-c2c(-c3cc(-c4cc(-c5ccc6ccccc6c5)cc(-c5ccc6oc7ccccc7c6c5)c4)nc(-c4ccccc4)n3)cccc21. The van der Waals surface area contributed by atoms with Gasteiger partial charge in [0.2, 0.25) is 0 Å². The molecular weight excluding hydrogens is 681 g/mol. The lowest BCUT2D eigenvalue weighted by Crippen LogP contribution is -2.14. The van der Waals surface area contributed by atoms with E-state index in [-0.39, 0.29) is 5.41 Å². The van der Waals surface area contributed by atoms with Gasteiger partial charge in [0, 0.05) is 32.9 Å². The third-order valence-electron chi connectivity index (χ3n) is 11.7. The molecule has 0 aliphatic heterocycles. The lowest BCUT2D eigenvalue weighted by molar-refractivity contribution is 0.660. The summed E-state index contributed by atoms with van der Waals surface area (Å²) in [4.78, 5) is 10.7. The molecule has 1 aliphatic carbocycles. The molecule has 11 rings (SSSR count). The minimum absolute atomic E-state index is 0.120. The number of nitrogens with zero attached hydrogens (tertiary/aromatic N) is 2. The lowest BCUT2D eigenvalue weighted by Gasteiger charge is -2.21. The van der Waals surface area contributed by atoms with E-state index in [0.717, 1.165) is 72.3 Å². The van der Waals surface area contributed by atoms with Crippen LogP contribution in [0.2, 0.25) is 0 Å². The largest absolute Gasteiger partial charge is 0.456 e. The summed E-state index contributed by atoms with van der Waals surface area (Å²) in [5.41, 5.74) is 16.2. The monoisotopic (exact) mass is 716 g/mol. The average molecular weight is 717 g/mol. The zero-order valence-electron chi connectivity index (χ0n) is 31.1. The molecule has 0 unspecified atom stereocenters. The van der Waals surface area contributed by atoms with Crippen molar-refractivity contribution in [3.05, 3.63) is 193 Å². The van der Waals surface area contributed by atoms with Crippen molar-refractivity contribution in [1.29, 1.82) is 0 Å². The zero-order chi connectivity index (χ0) is 37.4. The average Bonchev–Trinajstić information content (AvgIpc) is 3.75. The minimum Gasteiger partial charge on any atom is -0.456 e. The van der Waals surface area contributed by atoms with Gasteiger partial charge >= 0.3 is 0 Å². The van der Waals surface area contributed by atoms with Gasteiger partial charge in [-0.1, -0.05) is 147 Å². The molecule has 0 saturated carbocycles. The van der Waals surface area contributed by atoms with Crippen molar-refractivity contribution >= 4 is 32.7 Å². The fraction of sp³-hybridized carbons (Fsp3) is 0.0566. The molecule has 0 spiro atoms. The van der Waals surface area contributed by atoms with Gasteiger partial charge in [-0.25, -0.2) is 9.97 Å². The van der Waals surface area contributed by atoms with E-state index in [1.807, 2.05) is 18.2 Å². The van der Waals surface area contributed by atoms with Crippen LogP contribution in [-0.4, -0.2) is 9.97 Å². The highest BCUT2D eigenvalue weighted by atomic mass is 16.3. The van der Waals surface area contributed by atoms with Crippen molar-refractivity contribution in [2.24, 2.45) is 0 Å². The Kier molecular flexibility index (Phi) is 7.20. The van der Waals surface area contributed by atoms with Gasteiger partial charge in [-0.15, -0.1) is 0 Å². The molecule has 1 aliphatic rings. The zero-order valence-corrected chi connectivity index (χ0v) is 31.1. The van der Waals surface area contributed by atoms with Crippen LogP contribution >= 0.6 is 0 Å². The first-order valence-corrected chi connectivity index (χ1v) is 19.2. The van der Waals surface area contributed by atoms with Gasteiger partial charge in [0.25, 0.3) is 0 Å². The molecule has 0 N–H and O–H groups in total. The van der Waals surface area contributed by atoms with Crippen LogP contribution in [0.25, 0.3) is 100.0 Å². The fourth-order valence-electron chi connectivity index (χ4n) is 8.80. The van der Waals surface area contributed by atoms with Crippen LogP contribution in [-0.2, 0) is 5.41 Å². The van der Waals surface area contributed by atoms with Gasteiger partial charge < -0.3 is 4.42 Å². The van der Waals surface area contributed by atoms with Gasteiger partial charge in [0.05, 0.1) is 11.4 Å². The van der Waals surface area contributed by atoms with E-state index in [2.05, 4.69) is 178 Å². The van der Waals surface area contributed by atoms with Gasteiger partial charge in [0.1, 0.15) is 11.2 Å². The number of aromatic nitrogens is 2. The topological polar surface area (TPSA) is 38.9 Å². The quantitative estimate of drug-likeness (QED) is 0.178. The Morgan fingerprint density at radius 2 is 1.04 bits per heavy atom. The van der Waals surface area contributed by atoms with E-state index in [0.29, 0.717) is 5.82 Å². The Morgan fingerprint density at radius 3 is 1.91 bits per heavy atom. The van der Waals surface area contributed by atoms with Gasteiger partial charge in [-0.2, -0.15) is 0 Å². The third kappa shape index (κ3) is 5.20. The highest BCUT2D eigenvalue weighted by Crippen LogP contribution is 2.52. The van der Waals surface area contributed by atoms with Crippen LogP contribution in [0.5, 0.6) is 0 Å². The Hall–Kier alpha value is -7.10. The van der Waals surface area contributed by atoms with Gasteiger partial charge in [-0.05, 0) is 104 Å². The Bertz CT molecular complexity index is 3170. The first kappa shape index (κ1) is 32.3. The summed E-state index contributed by atoms with van der Waals surface area (Å²) < 4.78 is 6.23. The number of hydrogen-bond donors (Lipinski definition) is 0. The second-order valence-corrected chi connectivity index (χ2v) is 15.4. The number of benzene rings is 8. The molecule has 0 radical (unpaired) electrons. The molecule has 2 heterocycles. The molecule has 3 nitrogen and oxygen atoms in total. The lowest BCUT2D eigenvalue weighted by atomic mass is 9.82. The molecule has 56 heavy (non-hydrogen) atoms. The van der Waals surface area contributed by atoms with Crippen LogP contribution in [0.3, 0.4) is 0 Å². The summed E-state index contributed by atoms with van der Waals surface area (Å²) >= 11 is 0. The van der Waals surface area contributed by atoms with Crippen molar-refractivity contribution in [3.8, 4) is 67.3 Å². The molecule has 0 saturated heterocycles. The van der Waals surface area contributed by atoms with Crippen molar-refractivity contribution in [1.82, 2.24) is 9.97 Å². The van der Waals surface area contributed by atoms with Crippen molar-refractivity contribution in [2.45, 2.75) is 19.3 Å². The van der Waals surface area contributed by atoms with Crippen LogP contribution in [0.4, 0.5) is 0 Å². The standard InChI is InChI=1S/C53H36N2O/c1-53(2)45-20-10-8-18-42(45)51-43(19-12-21-46(51)53)48-32-47(54-52(55-48)34-14-4-3-5-15-34)40-29-38(36-24-23-33-13-6-7-16-35(33)27-36)28-39(30-40)37-25-26-50-44(31-37)41-17-9-11-22-49(41)56-50/h3-32H,1-2H3.